The maximum atomic E-state index is 12.3. The topological polar surface area (TPSA) is 66.6 Å². The molecule has 0 radical (unpaired) electrons. The summed E-state index contributed by atoms with van der Waals surface area (Å²) in [5, 5.41) is 9.40. The van der Waals surface area contributed by atoms with Gasteiger partial charge in [-0.15, -0.1) is 0 Å². The number of carbonyl (C=O) groups is 1. The van der Waals surface area contributed by atoms with Crippen LogP contribution < -0.4 is 5.73 Å². The van der Waals surface area contributed by atoms with E-state index in [2.05, 4.69) is 0 Å². The van der Waals surface area contributed by atoms with Crippen molar-refractivity contribution in [1.82, 2.24) is 4.90 Å². The van der Waals surface area contributed by atoms with Crippen LogP contribution in [0.5, 0.6) is 5.75 Å². The molecule has 4 heteroatoms. The molecule has 0 aliphatic rings. The van der Waals surface area contributed by atoms with Gasteiger partial charge in [-0.25, -0.2) is 0 Å². The first-order valence-electron chi connectivity index (χ1n) is 5.66. The molecule has 0 saturated heterocycles. The number of carbonyl (C=O) groups excluding carboxylic acids is 1. The molecule has 17 heavy (non-hydrogen) atoms. The highest BCUT2D eigenvalue weighted by Crippen LogP contribution is 2.24. The lowest BCUT2D eigenvalue weighted by atomic mass is 9.98. The van der Waals surface area contributed by atoms with Gasteiger partial charge >= 0.3 is 0 Å². The molecule has 0 unspecified atom stereocenters. The van der Waals surface area contributed by atoms with Gasteiger partial charge in [-0.1, -0.05) is 6.92 Å². The van der Waals surface area contributed by atoms with Crippen molar-refractivity contribution in [3.63, 3.8) is 0 Å². The Hall–Kier alpha value is -1.71. The second-order valence-electron chi connectivity index (χ2n) is 4.80. The van der Waals surface area contributed by atoms with E-state index in [1.807, 2.05) is 20.8 Å². The van der Waals surface area contributed by atoms with Crippen LogP contribution in [0.15, 0.2) is 18.2 Å². The van der Waals surface area contributed by atoms with Crippen LogP contribution in [-0.2, 0) is 0 Å². The lowest BCUT2D eigenvalue weighted by molar-refractivity contribution is 0.0621. The van der Waals surface area contributed by atoms with Crippen molar-refractivity contribution in [3.8, 4) is 5.75 Å². The zero-order valence-corrected chi connectivity index (χ0v) is 10.8. The van der Waals surface area contributed by atoms with Crippen LogP contribution in [0.4, 0.5) is 5.69 Å². The lowest BCUT2D eigenvalue weighted by Gasteiger charge is -2.35. The van der Waals surface area contributed by atoms with Crippen molar-refractivity contribution < 1.29 is 9.90 Å². The number of anilines is 1. The third-order valence-electron chi connectivity index (χ3n) is 3.35. The molecule has 0 bridgehead atoms. The quantitative estimate of drug-likeness (QED) is 0.624. The van der Waals surface area contributed by atoms with Gasteiger partial charge in [0.25, 0.3) is 5.91 Å². The predicted molar refractivity (Wildman–Crippen MR) is 69.0 cm³/mol. The Morgan fingerprint density at radius 2 is 2.06 bits per heavy atom. The third-order valence-corrected chi connectivity index (χ3v) is 3.35. The SMILES string of the molecule is CCC(C)(C)N(C)C(=O)c1cc(O)ccc1N. The first-order valence-corrected chi connectivity index (χ1v) is 5.66. The molecule has 1 amide bonds. The number of amides is 1. The first-order chi connectivity index (χ1) is 7.79. The number of phenols is 1. The van der Waals surface area contributed by atoms with Crippen LogP contribution in [0.3, 0.4) is 0 Å². The van der Waals surface area contributed by atoms with Crippen LogP contribution in [-0.4, -0.2) is 28.5 Å². The van der Waals surface area contributed by atoms with Gasteiger partial charge in [0.05, 0.1) is 5.56 Å². The van der Waals surface area contributed by atoms with Crippen LogP contribution >= 0.6 is 0 Å². The summed E-state index contributed by atoms with van der Waals surface area (Å²) in [6.45, 7) is 6.00. The van der Waals surface area contributed by atoms with Crippen LogP contribution in [0, 0.1) is 0 Å². The van der Waals surface area contributed by atoms with Crippen molar-refractivity contribution in [2.45, 2.75) is 32.7 Å². The fourth-order valence-electron chi connectivity index (χ4n) is 1.42. The van der Waals surface area contributed by atoms with E-state index in [9.17, 15) is 9.90 Å². The van der Waals surface area contributed by atoms with E-state index in [-0.39, 0.29) is 17.2 Å². The molecule has 1 aromatic rings. The largest absolute Gasteiger partial charge is 0.508 e. The van der Waals surface area contributed by atoms with Crippen LogP contribution in [0.2, 0.25) is 0 Å². The van der Waals surface area contributed by atoms with Crippen molar-refractivity contribution in [2.24, 2.45) is 0 Å². The number of nitrogens with zero attached hydrogens (tertiary/aromatic N) is 1. The van der Waals surface area contributed by atoms with E-state index in [1.165, 1.54) is 18.2 Å². The average molecular weight is 236 g/mol. The van der Waals surface area contributed by atoms with Gasteiger partial charge in [0.15, 0.2) is 0 Å². The molecule has 0 fully saturated rings. The Bertz CT molecular complexity index is 427. The van der Waals surface area contributed by atoms with Gasteiger partial charge in [-0.05, 0) is 38.5 Å². The Morgan fingerprint density at radius 1 is 1.47 bits per heavy atom. The minimum Gasteiger partial charge on any atom is -0.508 e. The summed E-state index contributed by atoms with van der Waals surface area (Å²) in [5.74, 6) is -0.129. The molecular formula is C13H20N2O2. The molecule has 0 aliphatic heterocycles. The molecule has 94 valence electrons. The third kappa shape index (κ3) is 2.70. The van der Waals surface area contributed by atoms with Gasteiger partial charge in [0.2, 0.25) is 0 Å². The molecule has 1 aromatic carbocycles. The standard InChI is InChI=1S/C13H20N2O2/c1-5-13(2,3)15(4)12(17)10-8-9(16)6-7-11(10)14/h6-8,16H,5,14H2,1-4H3. The van der Waals surface area contributed by atoms with Crippen molar-refractivity contribution in [3.05, 3.63) is 23.8 Å². The monoisotopic (exact) mass is 236 g/mol. The molecule has 1 rings (SSSR count). The van der Waals surface area contributed by atoms with Crippen molar-refractivity contribution >= 4 is 11.6 Å². The van der Waals surface area contributed by atoms with Gasteiger partial charge in [-0.3, -0.25) is 4.79 Å². The van der Waals surface area contributed by atoms with Gasteiger partial charge < -0.3 is 15.7 Å². The second kappa shape index (κ2) is 4.65. The Kier molecular flexibility index (Phi) is 3.66. The zero-order chi connectivity index (χ0) is 13.2. The number of hydrogen-bond acceptors (Lipinski definition) is 3. The Morgan fingerprint density at radius 3 is 2.59 bits per heavy atom. The number of hydrogen-bond donors (Lipinski definition) is 2. The maximum Gasteiger partial charge on any atom is 0.256 e. The van der Waals surface area contributed by atoms with Gasteiger partial charge in [-0.2, -0.15) is 0 Å². The lowest BCUT2D eigenvalue weighted by Crippen LogP contribution is -2.44. The Labute approximate surface area is 102 Å². The number of nitrogens with two attached hydrogens (primary N) is 1. The predicted octanol–water partition coefficient (Wildman–Crippen LogP) is 2.23. The number of phenolic OH excluding ortho intramolecular Hbond substituents is 1. The Balaban J connectivity index is 3.08. The molecule has 0 spiro atoms. The number of rotatable bonds is 3. The maximum absolute atomic E-state index is 12.3. The minimum absolute atomic E-state index is 0.0465. The molecule has 0 atom stereocenters. The van der Waals surface area contributed by atoms with E-state index in [0.717, 1.165) is 6.42 Å². The van der Waals surface area contributed by atoms with E-state index in [1.54, 1.807) is 11.9 Å². The average Bonchev–Trinajstić information content (AvgIpc) is 2.30. The molecule has 0 heterocycles. The second-order valence-corrected chi connectivity index (χ2v) is 4.80. The highest BCUT2D eigenvalue weighted by atomic mass is 16.3. The summed E-state index contributed by atoms with van der Waals surface area (Å²) in [4.78, 5) is 13.9. The first kappa shape index (κ1) is 13.4. The van der Waals surface area contributed by atoms with E-state index < -0.39 is 0 Å². The molecule has 4 nitrogen and oxygen atoms in total. The smallest absolute Gasteiger partial charge is 0.256 e. The van der Waals surface area contributed by atoms with Gasteiger partial charge in [0, 0.05) is 18.3 Å². The molecule has 0 saturated carbocycles. The minimum atomic E-state index is -0.241. The van der Waals surface area contributed by atoms with E-state index in [4.69, 9.17) is 5.73 Å². The zero-order valence-electron chi connectivity index (χ0n) is 10.8. The fourth-order valence-corrected chi connectivity index (χ4v) is 1.42. The van der Waals surface area contributed by atoms with E-state index in [0.29, 0.717) is 11.3 Å². The molecule has 0 aromatic heterocycles. The summed E-state index contributed by atoms with van der Waals surface area (Å²) < 4.78 is 0. The molecular weight excluding hydrogens is 216 g/mol. The summed E-state index contributed by atoms with van der Waals surface area (Å²) in [6.07, 6.45) is 0.841. The highest BCUT2D eigenvalue weighted by Gasteiger charge is 2.27. The number of benzene rings is 1. The molecule has 3 N–H and O–H groups in total. The van der Waals surface area contributed by atoms with Crippen molar-refractivity contribution in [1.29, 1.82) is 0 Å². The molecule has 0 aliphatic carbocycles. The van der Waals surface area contributed by atoms with E-state index >= 15 is 0 Å². The van der Waals surface area contributed by atoms with Crippen LogP contribution in [0.1, 0.15) is 37.6 Å². The summed E-state index contributed by atoms with van der Waals surface area (Å²) >= 11 is 0. The summed E-state index contributed by atoms with van der Waals surface area (Å²) in [5.41, 5.74) is 6.24. The normalized spacial score (nSPS) is 11.3. The van der Waals surface area contributed by atoms with Crippen molar-refractivity contribution in [2.75, 3.05) is 12.8 Å². The summed E-state index contributed by atoms with van der Waals surface area (Å²) in [7, 11) is 1.75. The van der Waals surface area contributed by atoms with Gasteiger partial charge in [0.1, 0.15) is 5.75 Å². The number of nitrogen functional groups attached to an aromatic ring is 1. The fraction of sp³-hybridized carbons (Fsp3) is 0.462. The van der Waals surface area contributed by atoms with Crippen LogP contribution in [0.25, 0.3) is 0 Å². The highest BCUT2D eigenvalue weighted by molar-refractivity contribution is 5.99. The number of aromatic hydroxyl groups is 1. The summed E-state index contributed by atoms with van der Waals surface area (Å²) in [6, 6.07) is 4.41.